The van der Waals surface area contributed by atoms with Crippen molar-refractivity contribution < 1.29 is 14.3 Å². The average Bonchev–Trinajstić information content (AvgIpc) is 2.67. The monoisotopic (exact) mass is 380 g/mol. The number of aromatic nitrogens is 1. The van der Waals surface area contributed by atoms with Crippen molar-refractivity contribution in [1.29, 1.82) is 0 Å². The molecular weight excluding hydrogens is 356 g/mol. The Morgan fingerprint density at radius 2 is 1.88 bits per heavy atom. The summed E-state index contributed by atoms with van der Waals surface area (Å²) >= 11 is 6.43. The van der Waals surface area contributed by atoms with E-state index in [4.69, 9.17) is 16.3 Å². The topological polar surface area (TPSA) is 66.0 Å². The molecule has 7 nitrogen and oxygen atoms in total. The van der Waals surface area contributed by atoms with Gasteiger partial charge in [-0.2, -0.15) is 0 Å². The highest BCUT2D eigenvalue weighted by Crippen LogP contribution is 2.28. The summed E-state index contributed by atoms with van der Waals surface area (Å²) in [4.78, 5) is 34.2. The van der Waals surface area contributed by atoms with Crippen molar-refractivity contribution in [1.82, 2.24) is 14.8 Å². The third-order valence-corrected chi connectivity index (χ3v) is 5.45. The van der Waals surface area contributed by atoms with Gasteiger partial charge >= 0.3 is 0 Å². The van der Waals surface area contributed by atoms with Gasteiger partial charge in [0.15, 0.2) is 0 Å². The zero-order valence-electron chi connectivity index (χ0n) is 15.3. The molecule has 2 saturated heterocycles. The lowest BCUT2D eigenvalue weighted by molar-refractivity contribution is -0.129. The predicted molar refractivity (Wildman–Crippen MR) is 99.6 cm³/mol. The van der Waals surface area contributed by atoms with E-state index < -0.39 is 0 Å². The number of amides is 2. The third kappa shape index (κ3) is 4.10. The van der Waals surface area contributed by atoms with Gasteiger partial charge in [0, 0.05) is 52.4 Å². The van der Waals surface area contributed by atoms with Gasteiger partial charge in [0.2, 0.25) is 5.91 Å². The standard InChI is InChI=1S/C18H25ClN4O3/c1-13(24)21(2)15-3-5-22(6-4-15)17-16(19)11-14(12-20-17)18(25)23-7-9-26-10-8-23/h11-12,15H,3-10H2,1-2H3. The molecular formula is C18H25ClN4O3. The fourth-order valence-electron chi connectivity index (χ4n) is 3.45. The van der Waals surface area contributed by atoms with E-state index in [-0.39, 0.29) is 17.9 Å². The number of halogens is 1. The SMILES string of the molecule is CC(=O)N(C)C1CCN(c2ncc(C(=O)N3CCOCC3)cc2Cl)CC1. The third-order valence-electron chi connectivity index (χ3n) is 5.18. The molecule has 0 atom stereocenters. The van der Waals surface area contributed by atoms with Crippen LogP contribution in [0.15, 0.2) is 12.3 Å². The van der Waals surface area contributed by atoms with Crippen LogP contribution >= 0.6 is 11.6 Å². The number of hydrogen-bond acceptors (Lipinski definition) is 5. The normalized spacial score (nSPS) is 18.7. The lowest BCUT2D eigenvalue weighted by atomic mass is 10.0. The van der Waals surface area contributed by atoms with Gasteiger partial charge in [-0.3, -0.25) is 9.59 Å². The Hall–Kier alpha value is -1.86. The van der Waals surface area contributed by atoms with E-state index in [9.17, 15) is 9.59 Å². The molecule has 1 aromatic rings. The van der Waals surface area contributed by atoms with Crippen molar-refractivity contribution in [2.75, 3.05) is 51.3 Å². The lowest BCUT2D eigenvalue weighted by Crippen LogP contribution is -2.45. The maximum Gasteiger partial charge on any atom is 0.255 e. The van der Waals surface area contributed by atoms with E-state index in [0.717, 1.165) is 25.9 Å². The van der Waals surface area contributed by atoms with Gasteiger partial charge in [-0.15, -0.1) is 0 Å². The molecule has 0 N–H and O–H groups in total. The van der Waals surface area contributed by atoms with Crippen molar-refractivity contribution in [3.63, 3.8) is 0 Å². The highest BCUT2D eigenvalue weighted by atomic mass is 35.5. The van der Waals surface area contributed by atoms with Crippen LogP contribution in [-0.2, 0) is 9.53 Å². The van der Waals surface area contributed by atoms with E-state index in [0.29, 0.717) is 42.7 Å². The number of ether oxygens (including phenoxy) is 1. The molecule has 2 amide bonds. The summed E-state index contributed by atoms with van der Waals surface area (Å²) in [5, 5.41) is 0.488. The average molecular weight is 381 g/mol. The van der Waals surface area contributed by atoms with Crippen molar-refractivity contribution in [2.45, 2.75) is 25.8 Å². The predicted octanol–water partition coefficient (Wildman–Crippen LogP) is 1.65. The summed E-state index contributed by atoms with van der Waals surface area (Å²) in [5.41, 5.74) is 0.506. The Morgan fingerprint density at radius 1 is 1.23 bits per heavy atom. The molecule has 0 radical (unpaired) electrons. The van der Waals surface area contributed by atoms with Crippen LogP contribution in [0.25, 0.3) is 0 Å². The van der Waals surface area contributed by atoms with Crippen molar-refractivity contribution >= 4 is 29.2 Å². The summed E-state index contributed by atoms with van der Waals surface area (Å²) in [6.45, 7) is 5.47. The van der Waals surface area contributed by atoms with Gasteiger partial charge in [0.1, 0.15) is 5.82 Å². The molecule has 0 spiro atoms. The minimum Gasteiger partial charge on any atom is -0.378 e. The minimum atomic E-state index is -0.0592. The van der Waals surface area contributed by atoms with Gasteiger partial charge in [-0.1, -0.05) is 11.6 Å². The van der Waals surface area contributed by atoms with Crippen LogP contribution in [-0.4, -0.2) is 79.1 Å². The van der Waals surface area contributed by atoms with Gasteiger partial charge in [-0.25, -0.2) is 4.98 Å². The van der Waals surface area contributed by atoms with E-state index >= 15 is 0 Å². The molecule has 8 heteroatoms. The lowest BCUT2D eigenvalue weighted by Gasteiger charge is -2.37. The second kappa shape index (κ2) is 8.22. The second-order valence-electron chi connectivity index (χ2n) is 6.78. The zero-order valence-corrected chi connectivity index (χ0v) is 16.0. The molecule has 0 aliphatic carbocycles. The Balaban J connectivity index is 1.65. The molecule has 0 saturated carbocycles. The van der Waals surface area contributed by atoms with E-state index in [1.165, 1.54) is 0 Å². The Bertz CT molecular complexity index is 670. The van der Waals surface area contributed by atoms with Crippen LogP contribution < -0.4 is 4.90 Å². The number of pyridine rings is 1. The van der Waals surface area contributed by atoms with Crippen LogP contribution in [0.5, 0.6) is 0 Å². The first-order valence-corrected chi connectivity index (χ1v) is 9.36. The first-order valence-electron chi connectivity index (χ1n) is 8.98. The fourth-order valence-corrected chi connectivity index (χ4v) is 3.74. The number of nitrogens with zero attached hydrogens (tertiary/aromatic N) is 4. The Kier molecular flexibility index (Phi) is 5.98. The molecule has 26 heavy (non-hydrogen) atoms. The van der Waals surface area contributed by atoms with Crippen LogP contribution in [0.2, 0.25) is 5.02 Å². The Morgan fingerprint density at radius 3 is 2.46 bits per heavy atom. The number of piperidine rings is 1. The van der Waals surface area contributed by atoms with Gasteiger partial charge in [0.05, 0.1) is 23.8 Å². The maximum absolute atomic E-state index is 12.5. The highest BCUT2D eigenvalue weighted by molar-refractivity contribution is 6.33. The summed E-state index contributed by atoms with van der Waals surface area (Å²) in [7, 11) is 1.85. The fraction of sp³-hybridized carbons (Fsp3) is 0.611. The maximum atomic E-state index is 12.5. The van der Waals surface area contributed by atoms with Crippen LogP contribution in [0.4, 0.5) is 5.82 Å². The first kappa shape index (κ1) is 18.9. The number of morpholine rings is 1. The molecule has 0 unspecified atom stereocenters. The van der Waals surface area contributed by atoms with E-state index in [1.807, 2.05) is 7.05 Å². The molecule has 2 aliphatic rings. The second-order valence-corrected chi connectivity index (χ2v) is 7.19. The van der Waals surface area contributed by atoms with Crippen molar-refractivity contribution in [3.05, 3.63) is 22.8 Å². The molecule has 1 aromatic heterocycles. The summed E-state index contributed by atoms with van der Waals surface area (Å²) in [5.74, 6) is 0.732. The van der Waals surface area contributed by atoms with Crippen LogP contribution in [0.3, 0.4) is 0 Å². The van der Waals surface area contributed by atoms with Crippen molar-refractivity contribution in [2.24, 2.45) is 0 Å². The van der Waals surface area contributed by atoms with Crippen LogP contribution in [0, 0.1) is 0 Å². The van der Waals surface area contributed by atoms with E-state index in [1.54, 1.807) is 29.0 Å². The molecule has 2 fully saturated rings. The zero-order chi connectivity index (χ0) is 18.7. The molecule has 0 bridgehead atoms. The van der Waals surface area contributed by atoms with Crippen LogP contribution in [0.1, 0.15) is 30.1 Å². The highest BCUT2D eigenvalue weighted by Gasteiger charge is 2.26. The summed E-state index contributed by atoms with van der Waals surface area (Å²) in [6, 6.07) is 1.96. The number of rotatable bonds is 3. The minimum absolute atomic E-state index is 0.0592. The molecule has 2 aliphatic heterocycles. The quantitative estimate of drug-likeness (QED) is 0.797. The number of carbonyl (C=O) groups is 2. The molecule has 142 valence electrons. The van der Waals surface area contributed by atoms with Gasteiger partial charge in [0.25, 0.3) is 5.91 Å². The molecule has 3 heterocycles. The number of carbonyl (C=O) groups excluding carboxylic acids is 2. The summed E-state index contributed by atoms with van der Waals surface area (Å²) in [6.07, 6.45) is 3.36. The molecule has 3 rings (SSSR count). The smallest absolute Gasteiger partial charge is 0.255 e. The number of anilines is 1. The number of hydrogen-bond donors (Lipinski definition) is 0. The Labute approximate surface area is 158 Å². The first-order chi connectivity index (χ1) is 12.5. The van der Waals surface area contributed by atoms with Crippen molar-refractivity contribution in [3.8, 4) is 0 Å². The molecule has 0 aromatic carbocycles. The largest absolute Gasteiger partial charge is 0.378 e. The van der Waals surface area contributed by atoms with Gasteiger partial charge < -0.3 is 19.4 Å². The van der Waals surface area contributed by atoms with Gasteiger partial charge in [-0.05, 0) is 18.9 Å². The van der Waals surface area contributed by atoms with E-state index in [2.05, 4.69) is 9.88 Å². The summed E-state index contributed by atoms with van der Waals surface area (Å²) < 4.78 is 5.28.